The number of ether oxygens (including phenoxy) is 1. The summed E-state index contributed by atoms with van der Waals surface area (Å²) in [5.41, 5.74) is 3.92. The summed E-state index contributed by atoms with van der Waals surface area (Å²) >= 11 is 0. The number of rotatable bonds is 11. The topological polar surface area (TPSA) is 39.2 Å². The molecule has 27 heavy (non-hydrogen) atoms. The SMILES string of the molecule is CCCCCCc1ccc(C(=O)OC(CC)c2ccc(CCC)cc2)nc1. The molecular weight excluding hydrogens is 334 g/mol. The third kappa shape index (κ3) is 6.82. The molecule has 2 rings (SSSR count). The van der Waals surface area contributed by atoms with Gasteiger partial charge in [0.25, 0.3) is 0 Å². The Bertz CT molecular complexity index is 677. The Labute approximate surface area is 164 Å². The molecule has 0 spiro atoms. The Hall–Kier alpha value is -2.16. The summed E-state index contributed by atoms with van der Waals surface area (Å²) in [6.07, 6.45) is 10.5. The van der Waals surface area contributed by atoms with E-state index in [0.717, 1.165) is 31.2 Å². The minimum atomic E-state index is -0.350. The van der Waals surface area contributed by atoms with Crippen molar-refractivity contribution in [2.75, 3.05) is 0 Å². The quantitative estimate of drug-likeness (QED) is 0.338. The molecular formula is C24H33NO2. The highest BCUT2D eigenvalue weighted by molar-refractivity contribution is 5.87. The van der Waals surface area contributed by atoms with E-state index >= 15 is 0 Å². The minimum absolute atomic E-state index is 0.233. The Morgan fingerprint density at radius 2 is 1.63 bits per heavy atom. The lowest BCUT2D eigenvalue weighted by Gasteiger charge is -2.17. The van der Waals surface area contributed by atoms with Gasteiger partial charge in [-0.15, -0.1) is 0 Å². The zero-order chi connectivity index (χ0) is 19.5. The Morgan fingerprint density at radius 3 is 2.22 bits per heavy atom. The fraction of sp³-hybridized carbons (Fsp3) is 0.500. The molecule has 0 amide bonds. The van der Waals surface area contributed by atoms with Crippen LogP contribution >= 0.6 is 0 Å². The van der Waals surface area contributed by atoms with Gasteiger partial charge in [-0.3, -0.25) is 0 Å². The van der Waals surface area contributed by atoms with Crippen molar-refractivity contribution in [3.63, 3.8) is 0 Å². The van der Waals surface area contributed by atoms with Crippen LogP contribution in [0, 0.1) is 0 Å². The molecule has 0 aliphatic rings. The lowest BCUT2D eigenvalue weighted by molar-refractivity contribution is 0.0281. The fourth-order valence-corrected chi connectivity index (χ4v) is 3.21. The van der Waals surface area contributed by atoms with E-state index in [2.05, 4.69) is 43.1 Å². The molecule has 0 aliphatic carbocycles. The predicted molar refractivity (Wildman–Crippen MR) is 111 cm³/mol. The van der Waals surface area contributed by atoms with Gasteiger partial charge in [0.15, 0.2) is 0 Å². The van der Waals surface area contributed by atoms with E-state index in [1.54, 1.807) is 6.07 Å². The molecule has 0 saturated carbocycles. The van der Waals surface area contributed by atoms with E-state index in [4.69, 9.17) is 4.74 Å². The number of esters is 1. The van der Waals surface area contributed by atoms with Gasteiger partial charge in [-0.2, -0.15) is 0 Å². The van der Waals surface area contributed by atoms with Crippen LogP contribution in [0.2, 0.25) is 0 Å². The standard InChI is InChI=1S/C24H33NO2/c1-4-7-8-9-11-20-14-17-22(25-18-20)24(26)27-23(6-3)21-15-12-19(10-5-2)13-16-21/h12-18,23H,4-11H2,1-3H3. The number of carbonyl (C=O) groups excluding carboxylic acids is 1. The molecule has 0 N–H and O–H groups in total. The van der Waals surface area contributed by atoms with Gasteiger partial charge < -0.3 is 4.74 Å². The molecule has 0 fully saturated rings. The van der Waals surface area contributed by atoms with Crippen LogP contribution in [0.5, 0.6) is 0 Å². The van der Waals surface area contributed by atoms with Crippen molar-refractivity contribution in [2.24, 2.45) is 0 Å². The molecule has 1 aromatic heterocycles. The molecule has 0 radical (unpaired) electrons. The zero-order valence-corrected chi connectivity index (χ0v) is 17.0. The second-order valence-electron chi connectivity index (χ2n) is 7.16. The van der Waals surface area contributed by atoms with Crippen molar-refractivity contribution in [3.05, 3.63) is 65.0 Å². The van der Waals surface area contributed by atoms with Gasteiger partial charge in [0.1, 0.15) is 11.8 Å². The van der Waals surface area contributed by atoms with E-state index in [1.165, 1.54) is 36.8 Å². The summed E-state index contributed by atoms with van der Waals surface area (Å²) in [6, 6.07) is 12.2. The number of unbranched alkanes of at least 4 members (excludes halogenated alkanes) is 3. The highest BCUT2D eigenvalue weighted by Crippen LogP contribution is 2.23. The average Bonchev–Trinajstić information content (AvgIpc) is 2.70. The number of nitrogens with zero attached hydrogens (tertiary/aromatic N) is 1. The number of benzene rings is 1. The lowest BCUT2D eigenvalue weighted by atomic mass is 10.0. The second-order valence-corrected chi connectivity index (χ2v) is 7.16. The van der Waals surface area contributed by atoms with Crippen LogP contribution in [0.4, 0.5) is 0 Å². The van der Waals surface area contributed by atoms with Crippen molar-refractivity contribution in [1.82, 2.24) is 4.98 Å². The monoisotopic (exact) mass is 367 g/mol. The van der Waals surface area contributed by atoms with Gasteiger partial charge in [0, 0.05) is 6.20 Å². The average molecular weight is 368 g/mol. The van der Waals surface area contributed by atoms with E-state index in [1.807, 2.05) is 19.2 Å². The summed E-state index contributed by atoms with van der Waals surface area (Å²) in [7, 11) is 0. The predicted octanol–water partition coefficient (Wildman–Crippen LogP) is 6.47. The largest absolute Gasteiger partial charge is 0.453 e. The number of aromatic nitrogens is 1. The molecule has 0 aliphatic heterocycles. The first-order chi connectivity index (χ1) is 13.2. The van der Waals surface area contributed by atoms with Gasteiger partial charge in [-0.1, -0.05) is 76.8 Å². The van der Waals surface area contributed by atoms with E-state index < -0.39 is 0 Å². The normalized spacial score (nSPS) is 12.0. The van der Waals surface area contributed by atoms with Crippen LogP contribution in [0.3, 0.4) is 0 Å². The number of hydrogen-bond acceptors (Lipinski definition) is 3. The van der Waals surface area contributed by atoms with Crippen LogP contribution < -0.4 is 0 Å². The smallest absolute Gasteiger partial charge is 0.357 e. The first-order valence-electron chi connectivity index (χ1n) is 10.4. The molecule has 2 aromatic rings. The van der Waals surface area contributed by atoms with Crippen molar-refractivity contribution in [1.29, 1.82) is 0 Å². The molecule has 1 heterocycles. The molecule has 3 heteroatoms. The maximum absolute atomic E-state index is 12.5. The first-order valence-corrected chi connectivity index (χ1v) is 10.4. The molecule has 3 nitrogen and oxygen atoms in total. The number of hydrogen-bond donors (Lipinski definition) is 0. The fourth-order valence-electron chi connectivity index (χ4n) is 3.21. The van der Waals surface area contributed by atoms with Gasteiger partial charge in [0.05, 0.1) is 0 Å². The van der Waals surface area contributed by atoms with Crippen LogP contribution in [0.1, 0.15) is 92.6 Å². The van der Waals surface area contributed by atoms with Crippen LogP contribution in [-0.2, 0) is 17.6 Å². The number of carbonyl (C=O) groups is 1. The van der Waals surface area contributed by atoms with Crippen LogP contribution in [0.25, 0.3) is 0 Å². The van der Waals surface area contributed by atoms with Gasteiger partial charge in [-0.05, 0) is 48.4 Å². The maximum Gasteiger partial charge on any atom is 0.357 e. The Kier molecular flexibility index (Phi) is 9.03. The van der Waals surface area contributed by atoms with Gasteiger partial charge in [-0.25, -0.2) is 9.78 Å². The molecule has 146 valence electrons. The van der Waals surface area contributed by atoms with E-state index in [-0.39, 0.29) is 12.1 Å². The molecule has 0 saturated heterocycles. The molecule has 1 atom stereocenters. The van der Waals surface area contributed by atoms with Crippen LogP contribution in [0.15, 0.2) is 42.6 Å². The lowest BCUT2D eigenvalue weighted by Crippen LogP contribution is -2.12. The Balaban J connectivity index is 1.93. The van der Waals surface area contributed by atoms with Crippen molar-refractivity contribution < 1.29 is 9.53 Å². The van der Waals surface area contributed by atoms with E-state index in [9.17, 15) is 4.79 Å². The summed E-state index contributed by atoms with van der Waals surface area (Å²) in [6.45, 7) is 6.42. The molecule has 1 aromatic carbocycles. The third-order valence-corrected chi connectivity index (χ3v) is 4.86. The zero-order valence-electron chi connectivity index (χ0n) is 17.0. The highest BCUT2D eigenvalue weighted by atomic mass is 16.5. The van der Waals surface area contributed by atoms with Crippen molar-refractivity contribution >= 4 is 5.97 Å². The maximum atomic E-state index is 12.5. The number of aryl methyl sites for hydroxylation is 2. The van der Waals surface area contributed by atoms with Crippen molar-refractivity contribution in [3.8, 4) is 0 Å². The highest BCUT2D eigenvalue weighted by Gasteiger charge is 2.17. The van der Waals surface area contributed by atoms with Crippen molar-refractivity contribution in [2.45, 2.75) is 78.2 Å². The van der Waals surface area contributed by atoms with E-state index in [0.29, 0.717) is 5.69 Å². The summed E-state index contributed by atoms with van der Waals surface area (Å²) in [5.74, 6) is -0.350. The Morgan fingerprint density at radius 1 is 0.889 bits per heavy atom. The summed E-state index contributed by atoms with van der Waals surface area (Å²) in [4.78, 5) is 16.8. The summed E-state index contributed by atoms with van der Waals surface area (Å²) in [5, 5.41) is 0. The van der Waals surface area contributed by atoms with Gasteiger partial charge >= 0.3 is 5.97 Å². The molecule has 1 unspecified atom stereocenters. The first kappa shape index (κ1) is 21.1. The number of pyridine rings is 1. The summed E-state index contributed by atoms with van der Waals surface area (Å²) < 4.78 is 5.72. The second kappa shape index (κ2) is 11.5. The third-order valence-electron chi connectivity index (χ3n) is 4.86. The van der Waals surface area contributed by atoms with Crippen LogP contribution in [-0.4, -0.2) is 11.0 Å². The van der Waals surface area contributed by atoms with Gasteiger partial charge in [0.2, 0.25) is 0 Å². The minimum Gasteiger partial charge on any atom is -0.453 e. The molecule has 0 bridgehead atoms.